The first-order valence-electron chi connectivity index (χ1n) is 3.82. The highest BCUT2D eigenvalue weighted by Gasteiger charge is 2.08. The Morgan fingerprint density at radius 1 is 1.55 bits per heavy atom. The molecule has 2 heteroatoms. The minimum absolute atomic E-state index is 0.477. The van der Waals surface area contributed by atoms with Gasteiger partial charge in [0, 0.05) is 0 Å². The quantitative estimate of drug-likeness (QED) is 0.608. The normalized spacial score (nSPS) is 17.6. The molecule has 0 spiro atoms. The van der Waals surface area contributed by atoms with Crippen molar-refractivity contribution >= 4 is 5.71 Å². The van der Waals surface area contributed by atoms with Gasteiger partial charge in [0.15, 0.2) is 0 Å². The monoisotopic (exact) mass is 150 g/mol. The van der Waals surface area contributed by atoms with Crippen LogP contribution in [0.25, 0.3) is 0 Å². The van der Waals surface area contributed by atoms with E-state index in [1.807, 2.05) is 6.92 Å². The van der Waals surface area contributed by atoms with Gasteiger partial charge in [0.2, 0.25) is 0 Å². The molecule has 0 fully saturated rings. The van der Waals surface area contributed by atoms with Crippen LogP contribution in [0.5, 0.6) is 0 Å². The largest absolute Gasteiger partial charge is 0.279 e. The Bertz CT molecular complexity index is 234. The molecule has 1 heterocycles. The van der Waals surface area contributed by atoms with E-state index < -0.39 is 0 Å². The van der Waals surface area contributed by atoms with Crippen LogP contribution < -0.4 is 5.43 Å². The van der Waals surface area contributed by atoms with Crippen molar-refractivity contribution < 1.29 is 0 Å². The molecule has 1 N–H and O–H groups in total. The highest BCUT2D eigenvalue weighted by molar-refractivity contribution is 5.98. The summed E-state index contributed by atoms with van der Waals surface area (Å²) in [7, 11) is 0. The zero-order valence-corrected chi connectivity index (χ0v) is 7.31. The molecule has 0 saturated heterocycles. The summed E-state index contributed by atoms with van der Waals surface area (Å²) >= 11 is 0. The number of nitrogens with zero attached hydrogens (tertiary/aromatic N) is 1. The molecule has 0 radical (unpaired) electrons. The van der Waals surface area contributed by atoms with Crippen molar-refractivity contribution in [1.29, 1.82) is 0 Å². The van der Waals surface area contributed by atoms with Crippen LogP contribution in [0.2, 0.25) is 0 Å². The third kappa shape index (κ3) is 1.70. The second-order valence-corrected chi connectivity index (χ2v) is 3.11. The van der Waals surface area contributed by atoms with Gasteiger partial charge in [-0.2, -0.15) is 5.10 Å². The first kappa shape index (κ1) is 8.05. The van der Waals surface area contributed by atoms with E-state index in [1.165, 1.54) is 5.57 Å². The molecule has 0 bridgehead atoms. The lowest BCUT2D eigenvalue weighted by Gasteiger charge is -2.15. The van der Waals surface area contributed by atoms with E-state index >= 15 is 0 Å². The number of hydrogen-bond acceptors (Lipinski definition) is 2. The fourth-order valence-corrected chi connectivity index (χ4v) is 0.857. The maximum atomic E-state index is 4.15. The Hall–Kier alpha value is -1.05. The third-order valence-electron chi connectivity index (χ3n) is 1.75. The van der Waals surface area contributed by atoms with Crippen LogP contribution >= 0.6 is 0 Å². The van der Waals surface area contributed by atoms with Crippen molar-refractivity contribution in [3.8, 4) is 0 Å². The van der Waals surface area contributed by atoms with Crippen molar-refractivity contribution in [2.45, 2.75) is 20.8 Å². The second-order valence-electron chi connectivity index (χ2n) is 3.11. The summed E-state index contributed by atoms with van der Waals surface area (Å²) in [6, 6.07) is 0. The Morgan fingerprint density at radius 3 is 2.64 bits per heavy atom. The molecule has 60 valence electrons. The van der Waals surface area contributed by atoms with Crippen molar-refractivity contribution in [1.82, 2.24) is 5.43 Å². The fraction of sp³-hybridized carbons (Fsp3) is 0.444. The molecule has 2 nitrogen and oxygen atoms in total. The third-order valence-corrected chi connectivity index (χ3v) is 1.75. The number of hydrazone groups is 1. The number of nitrogens with one attached hydrogen (secondary N) is 1. The summed E-state index contributed by atoms with van der Waals surface area (Å²) in [4.78, 5) is 0. The second kappa shape index (κ2) is 2.91. The summed E-state index contributed by atoms with van der Waals surface area (Å²) in [5.74, 6) is 0.477. The van der Waals surface area contributed by atoms with Gasteiger partial charge < -0.3 is 0 Å². The molecule has 0 saturated carbocycles. The average molecular weight is 150 g/mol. The summed E-state index contributed by atoms with van der Waals surface area (Å²) in [5.41, 5.74) is 6.05. The van der Waals surface area contributed by atoms with Crippen LogP contribution in [0.15, 0.2) is 29.0 Å². The van der Waals surface area contributed by atoms with Crippen molar-refractivity contribution in [3.05, 3.63) is 23.9 Å². The van der Waals surface area contributed by atoms with Gasteiger partial charge in [-0.25, -0.2) is 0 Å². The summed E-state index contributed by atoms with van der Waals surface area (Å²) < 4.78 is 0. The minimum Gasteiger partial charge on any atom is -0.279 e. The van der Waals surface area contributed by atoms with E-state index in [2.05, 4.69) is 37.0 Å². The van der Waals surface area contributed by atoms with E-state index in [0.717, 1.165) is 11.4 Å². The molecule has 0 aromatic rings. The van der Waals surface area contributed by atoms with Crippen LogP contribution in [-0.4, -0.2) is 5.71 Å². The van der Waals surface area contributed by atoms with Gasteiger partial charge in [-0.1, -0.05) is 20.4 Å². The molecule has 0 amide bonds. The summed E-state index contributed by atoms with van der Waals surface area (Å²) in [6.45, 7) is 10.1. The van der Waals surface area contributed by atoms with Crippen molar-refractivity contribution in [2.75, 3.05) is 0 Å². The molecule has 11 heavy (non-hydrogen) atoms. The SMILES string of the molecule is C=C1NN=C(C(C)C)C=C1C. The van der Waals surface area contributed by atoms with Gasteiger partial charge in [0.05, 0.1) is 11.4 Å². The lowest BCUT2D eigenvalue weighted by atomic mass is 10.0. The lowest BCUT2D eigenvalue weighted by Crippen LogP contribution is -2.18. The Labute approximate surface area is 67.7 Å². The highest BCUT2D eigenvalue weighted by Crippen LogP contribution is 2.11. The summed E-state index contributed by atoms with van der Waals surface area (Å²) in [6.07, 6.45) is 2.07. The van der Waals surface area contributed by atoms with Gasteiger partial charge in [0.1, 0.15) is 0 Å². The zero-order valence-electron chi connectivity index (χ0n) is 7.31. The van der Waals surface area contributed by atoms with E-state index in [9.17, 15) is 0 Å². The molecule has 1 aliphatic rings. The predicted molar refractivity (Wildman–Crippen MR) is 48.3 cm³/mol. The maximum absolute atomic E-state index is 4.15. The molecular weight excluding hydrogens is 136 g/mol. The average Bonchev–Trinajstić information content (AvgIpc) is 1.94. The van der Waals surface area contributed by atoms with E-state index in [0.29, 0.717) is 5.92 Å². The molecule has 1 aliphatic heterocycles. The van der Waals surface area contributed by atoms with Gasteiger partial charge in [-0.15, -0.1) is 0 Å². The van der Waals surface area contributed by atoms with Gasteiger partial charge in [-0.05, 0) is 24.5 Å². The number of hydrogen-bond donors (Lipinski definition) is 1. The number of rotatable bonds is 1. The van der Waals surface area contributed by atoms with E-state index in [-0.39, 0.29) is 0 Å². The van der Waals surface area contributed by atoms with E-state index in [1.54, 1.807) is 0 Å². The van der Waals surface area contributed by atoms with Gasteiger partial charge in [0.25, 0.3) is 0 Å². The van der Waals surface area contributed by atoms with Crippen LogP contribution in [0.3, 0.4) is 0 Å². The van der Waals surface area contributed by atoms with Crippen LogP contribution in [-0.2, 0) is 0 Å². The van der Waals surface area contributed by atoms with Crippen molar-refractivity contribution in [3.63, 3.8) is 0 Å². The van der Waals surface area contributed by atoms with Crippen LogP contribution in [0, 0.1) is 5.92 Å². The Morgan fingerprint density at radius 2 is 2.18 bits per heavy atom. The zero-order chi connectivity index (χ0) is 8.43. The first-order chi connectivity index (χ1) is 5.11. The van der Waals surface area contributed by atoms with Gasteiger partial charge >= 0.3 is 0 Å². The molecule has 0 atom stereocenters. The first-order valence-corrected chi connectivity index (χ1v) is 3.82. The molecule has 1 rings (SSSR count). The van der Waals surface area contributed by atoms with E-state index in [4.69, 9.17) is 0 Å². The summed E-state index contributed by atoms with van der Waals surface area (Å²) in [5, 5.41) is 4.15. The molecule has 0 unspecified atom stereocenters. The van der Waals surface area contributed by atoms with Gasteiger partial charge in [-0.3, -0.25) is 5.43 Å². The molecule has 0 aromatic heterocycles. The minimum atomic E-state index is 0.477. The Balaban J connectivity index is 2.82. The predicted octanol–water partition coefficient (Wildman–Crippen LogP) is 2.06. The topological polar surface area (TPSA) is 24.4 Å². The molecular formula is C9H14N2. The standard InChI is InChI=1S/C9H14N2/c1-6(2)9-5-7(3)8(4)10-11-9/h5-6,10H,4H2,1-3H3. The lowest BCUT2D eigenvalue weighted by molar-refractivity contribution is 0.819. The van der Waals surface area contributed by atoms with Crippen LogP contribution in [0.1, 0.15) is 20.8 Å². The molecule has 0 aromatic carbocycles. The smallest absolute Gasteiger partial charge is 0.0636 e. The number of allylic oxidation sites excluding steroid dienone is 2. The van der Waals surface area contributed by atoms with Crippen molar-refractivity contribution in [2.24, 2.45) is 11.0 Å². The van der Waals surface area contributed by atoms with Crippen LogP contribution in [0.4, 0.5) is 0 Å². The maximum Gasteiger partial charge on any atom is 0.0636 e. The fourth-order valence-electron chi connectivity index (χ4n) is 0.857. The highest BCUT2D eigenvalue weighted by atomic mass is 15.3. The molecule has 0 aliphatic carbocycles. The Kier molecular flexibility index (Phi) is 2.13.